The molecule has 0 aromatic heterocycles. The maximum Gasteiger partial charge on any atom is 0.193 e. The van der Waals surface area contributed by atoms with E-state index < -0.39 is 8.32 Å². The van der Waals surface area contributed by atoms with Crippen LogP contribution in [0.2, 0.25) is 18.1 Å². The molecule has 3 heteroatoms. The zero-order valence-corrected chi connectivity index (χ0v) is 15.5. The number of rotatable bonds is 12. The van der Waals surface area contributed by atoms with Gasteiger partial charge in [0.05, 0.1) is 12.9 Å². The number of hydrogen-bond donors (Lipinski definition) is 0. The number of allylic oxidation sites excluding steroid dienone is 1. The Morgan fingerprint density at radius 3 is 2.00 bits per heavy atom. The SMILES string of the molecule is CCCC[Si](CCCC)(CCCC)OCC1CCC=CO1. The Morgan fingerprint density at radius 1 is 1.00 bits per heavy atom. The first kappa shape index (κ1) is 18.8. The van der Waals surface area contributed by atoms with E-state index in [0.717, 1.165) is 19.4 Å². The molecule has 0 saturated heterocycles. The minimum atomic E-state index is -1.55. The minimum Gasteiger partial charge on any atom is -0.496 e. The van der Waals surface area contributed by atoms with Crippen LogP contribution in [0, 0.1) is 0 Å². The van der Waals surface area contributed by atoms with Gasteiger partial charge >= 0.3 is 0 Å². The fraction of sp³-hybridized carbons (Fsp3) is 0.889. The third-order valence-corrected chi connectivity index (χ3v) is 9.13. The van der Waals surface area contributed by atoms with Gasteiger partial charge in [-0.1, -0.05) is 59.3 Å². The largest absolute Gasteiger partial charge is 0.496 e. The molecule has 124 valence electrons. The molecule has 0 N–H and O–H groups in total. The molecule has 0 spiro atoms. The molecule has 1 atom stereocenters. The first-order valence-corrected chi connectivity index (χ1v) is 11.7. The van der Waals surface area contributed by atoms with Gasteiger partial charge in [0, 0.05) is 0 Å². The van der Waals surface area contributed by atoms with Crippen molar-refractivity contribution in [2.45, 2.75) is 96.4 Å². The Labute approximate surface area is 133 Å². The third kappa shape index (κ3) is 7.50. The van der Waals surface area contributed by atoms with Gasteiger partial charge in [0.25, 0.3) is 0 Å². The van der Waals surface area contributed by atoms with Crippen molar-refractivity contribution in [3.63, 3.8) is 0 Å². The van der Waals surface area contributed by atoms with Crippen LogP contribution in [0.1, 0.15) is 72.1 Å². The number of hydrogen-bond acceptors (Lipinski definition) is 2. The lowest BCUT2D eigenvalue weighted by Gasteiger charge is -2.34. The summed E-state index contributed by atoms with van der Waals surface area (Å²) in [5.74, 6) is 0. The Balaban J connectivity index is 2.57. The molecule has 0 radical (unpaired) electrons. The molecule has 0 aromatic carbocycles. The van der Waals surface area contributed by atoms with Crippen molar-refractivity contribution in [1.29, 1.82) is 0 Å². The number of ether oxygens (including phenoxy) is 1. The van der Waals surface area contributed by atoms with E-state index >= 15 is 0 Å². The van der Waals surface area contributed by atoms with Crippen molar-refractivity contribution in [3.05, 3.63) is 12.3 Å². The summed E-state index contributed by atoms with van der Waals surface area (Å²) < 4.78 is 12.4. The first-order chi connectivity index (χ1) is 10.3. The van der Waals surface area contributed by atoms with Gasteiger partial charge in [0.15, 0.2) is 8.32 Å². The Morgan fingerprint density at radius 2 is 1.57 bits per heavy atom. The summed E-state index contributed by atoms with van der Waals surface area (Å²) in [7, 11) is -1.55. The Hall–Kier alpha value is -0.283. The summed E-state index contributed by atoms with van der Waals surface area (Å²) in [6, 6.07) is 4.06. The van der Waals surface area contributed by atoms with Gasteiger partial charge < -0.3 is 9.16 Å². The molecule has 0 amide bonds. The molecule has 21 heavy (non-hydrogen) atoms. The topological polar surface area (TPSA) is 18.5 Å². The van der Waals surface area contributed by atoms with Gasteiger partial charge in [0.2, 0.25) is 0 Å². The van der Waals surface area contributed by atoms with Gasteiger partial charge in [-0.15, -0.1) is 0 Å². The summed E-state index contributed by atoms with van der Waals surface area (Å²) in [6.45, 7) is 7.73. The molecule has 0 fully saturated rings. The van der Waals surface area contributed by atoms with Crippen LogP contribution < -0.4 is 0 Å². The van der Waals surface area contributed by atoms with E-state index in [9.17, 15) is 0 Å². The molecule has 1 rings (SSSR count). The summed E-state index contributed by atoms with van der Waals surface area (Å²) in [6.07, 6.45) is 14.4. The van der Waals surface area contributed by atoms with Crippen molar-refractivity contribution < 1.29 is 9.16 Å². The van der Waals surface area contributed by atoms with Crippen LogP contribution in [-0.2, 0) is 9.16 Å². The van der Waals surface area contributed by atoms with Gasteiger partial charge in [-0.25, -0.2) is 0 Å². The Bertz CT molecular complexity index is 257. The second-order valence-electron chi connectivity index (χ2n) is 6.51. The van der Waals surface area contributed by atoms with Crippen LogP contribution in [-0.4, -0.2) is 21.0 Å². The monoisotopic (exact) mass is 312 g/mol. The quantitative estimate of drug-likeness (QED) is 0.409. The second kappa shape index (κ2) is 11.3. The van der Waals surface area contributed by atoms with E-state index in [0.29, 0.717) is 6.10 Å². The zero-order valence-electron chi connectivity index (χ0n) is 14.5. The molecule has 1 aliphatic heterocycles. The van der Waals surface area contributed by atoms with Crippen molar-refractivity contribution >= 4 is 8.32 Å². The lowest BCUT2D eigenvalue weighted by Crippen LogP contribution is -2.41. The maximum atomic E-state index is 6.66. The van der Waals surface area contributed by atoms with Crippen molar-refractivity contribution in [3.8, 4) is 0 Å². The van der Waals surface area contributed by atoms with Crippen LogP contribution >= 0.6 is 0 Å². The fourth-order valence-electron chi connectivity index (χ4n) is 3.07. The van der Waals surface area contributed by atoms with Crippen LogP contribution in [0.15, 0.2) is 12.3 Å². The van der Waals surface area contributed by atoms with E-state index in [-0.39, 0.29) is 0 Å². The zero-order chi connectivity index (χ0) is 15.4. The summed E-state index contributed by atoms with van der Waals surface area (Å²) in [5.41, 5.74) is 0. The molecule has 1 unspecified atom stereocenters. The third-order valence-electron chi connectivity index (χ3n) is 4.56. The summed E-state index contributed by atoms with van der Waals surface area (Å²) in [5, 5.41) is 0. The highest BCUT2D eigenvalue weighted by atomic mass is 28.4. The number of unbranched alkanes of at least 4 members (excludes halogenated alkanes) is 3. The van der Waals surface area contributed by atoms with E-state index in [2.05, 4.69) is 26.8 Å². The van der Waals surface area contributed by atoms with Crippen molar-refractivity contribution in [2.24, 2.45) is 0 Å². The molecule has 0 saturated carbocycles. The molecular weight excluding hydrogens is 276 g/mol. The predicted octanol–water partition coefficient (Wildman–Crippen LogP) is 6.04. The molecule has 0 aliphatic carbocycles. The molecule has 0 bridgehead atoms. The molecule has 1 aliphatic rings. The smallest absolute Gasteiger partial charge is 0.193 e. The minimum absolute atomic E-state index is 0.298. The van der Waals surface area contributed by atoms with E-state index in [1.165, 1.54) is 56.7 Å². The van der Waals surface area contributed by atoms with Crippen LogP contribution in [0.5, 0.6) is 0 Å². The molecular formula is C18H36O2Si. The normalized spacial score (nSPS) is 18.7. The van der Waals surface area contributed by atoms with Gasteiger partial charge in [-0.05, 0) is 37.0 Å². The van der Waals surface area contributed by atoms with Gasteiger partial charge in [-0.3, -0.25) is 0 Å². The Kier molecular flexibility index (Phi) is 10.1. The lowest BCUT2D eigenvalue weighted by molar-refractivity contribution is 0.0681. The fourth-order valence-corrected chi connectivity index (χ4v) is 7.78. The summed E-state index contributed by atoms with van der Waals surface area (Å²) >= 11 is 0. The highest BCUT2D eigenvalue weighted by molar-refractivity contribution is 6.73. The van der Waals surface area contributed by atoms with Crippen molar-refractivity contribution in [1.82, 2.24) is 0 Å². The van der Waals surface area contributed by atoms with E-state index in [1.54, 1.807) is 0 Å². The van der Waals surface area contributed by atoms with Gasteiger partial charge in [0.1, 0.15) is 6.10 Å². The van der Waals surface area contributed by atoms with Crippen molar-refractivity contribution in [2.75, 3.05) is 6.61 Å². The first-order valence-electron chi connectivity index (χ1n) is 9.20. The second-order valence-corrected chi connectivity index (χ2v) is 10.7. The molecule has 1 heterocycles. The standard InChI is InChI=1S/C18H36O2Si/c1-4-7-14-21(15-8-5-2,16-9-6-3)20-17-18-12-10-11-13-19-18/h11,13,18H,4-10,12,14-17H2,1-3H3. The average Bonchev–Trinajstić information content (AvgIpc) is 2.54. The van der Waals surface area contributed by atoms with Crippen LogP contribution in [0.3, 0.4) is 0 Å². The molecule has 0 aromatic rings. The maximum absolute atomic E-state index is 6.66. The van der Waals surface area contributed by atoms with E-state index in [1.807, 2.05) is 6.26 Å². The van der Waals surface area contributed by atoms with Crippen LogP contribution in [0.4, 0.5) is 0 Å². The highest BCUT2D eigenvalue weighted by Gasteiger charge is 2.34. The lowest BCUT2D eigenvalue weighted by atomic mass is 10.2. The van der Waals surface area contributed by atoms with Crippen LogP contribution in [0.25, 0.3) is 0 Å². The van der Waals surface area contributed by atoms with Gasteiger partial charge in [-0.2, -0.15) is 0 Å². The van der Waals surface area contributed by atoms with E-state index in [4.69, 9.17) is 9.16 Å². The predicted molar refractivity (Wildman–Crippen MR) is 94.1 cm³/mol. The highest BCUT2D eigenvalue weighted by Crippen LogP contribution is 2.30. The molecule has 2 nitrogen and oxygen atoms in total. The average molecular weight is 313 g/mol. The summed E-state index contributed by atoms with van der Waals surface area (Å²) in [4.78, 5) is 0.